The molecule has 0 radical (unpaired) electrons. The van der Waals surface area contributed by atoms with Gasteiger partial charge in [0.2, 0.25) is 0 Å². The second-order valence-electron chi connectivity index (χ2n) is 4.97. The monoisotopic (exact) mass is 237 g/mol. The van der Waals surface area contributed by atoms with Gasteiger partial charge in [0.25, 0.3) is 0 Å². The molecule has 0 spiro atoms. The Morgan fingerprint density at radius 3 is 2.65 bits per heavy atom. The standard InChI is InChI=1S/C14H20FNO/c1-10-2-3-11(8-14(10)15)9-16-12-4-6-13(17)7-5-12/h2-3,8,12-13,16-17H,4-7,9H2,1H3. The van der Waals surface area contributed by atoms with E-state index < -0.39 is 0 Å². The van der Waals surface area contributed by atoms with Crippen molar-refractivity contribution in [2.24, 2.45) is 0 Å². The second kappa shape index (κ2) is 5.61. The number of aryl methyl sites for hydroxylation is 1. The Balaban J connectivity index is 1.83. The summed E-state index contributed by atoms with van der Waals surface area (Å²) in [6.07, 6.45) is 3.65. The maximum atomic E-state index is 13.3. The van der Waals surface area contributed by atoms with Crippen LogP contribution >= 0.6 is 0 Å². The fourth-order valence-electron chi connectivity index (χ4n) is 2.29. The van der Waals surface area contributed by atoms with Crippen LogP contribution in [0.15, 0.2) is 18.2 Å². The van der Waals surface area contributed by atoms with Gasteiger partial charge >= 0.3 is 0 Å². The van der Waals surface area contributed by atoms with Crippen LogP contribution in [0.2, 0.25) is 0 Å². The van der Waals surface area contributed by atoms with Gasteiger partial charge in [-0.1, -0.05) is 12.1 Å². The zero-order valence-corrected chi connectivity index (χ0v) is 10.2. The summed E-state index contributed by atoms with van der Waals surface area (Å²) in [7, 11) is 0. The lowest BCUT2D eigenvalue weighted by atomic mass is 9.93. The van der Waals surface area contributed by atoms with E-state index in [2.05, 4.69) is 5.32 Å². The van der Waals surface area contributed by atoms with Gasteiger partial charge in [-0.15, -0.1) is 0 Å². The number of benzene rings is 1. The molecule has 1 aromatic rings. The molecule has 0 amide bonds. The van der Waals surface area contributed by atoms with Crippen LogP contribution in [0.1, 0.15) is 36.8 Å². The van der Waals surface area contributed by atoms with Crippen molar-refractivity contribution in [1.29, 1.82) is 0 Å². The van der Waals surface area contributed by atoms with Crippen molar-refractivity contribution in [3.05, 3.63) is 35.1 Å². The van der Waals surface area contributed by atoms with E-state index in [1.54, 1.807) is 13.0 Å². The van der Waals surface area contributed by atoms with Crippen LogP contribution in [0.25, 0.3) is 0 Å². The van der Waals surface area contributed by atoms with E-state index in [9.17, 15) is 9.50 Å². The summed E-state index contributed by atoms with van der Waals surface area (Å²) in [6.45, 7) is 2.48. The number of hydrogen-bond donors (Lipinski definition) is 2. The van der Waals surface area contributed by atoms with Crippen molar-refractivity contribution in [3.63, 3.8) is 0 Å². The summed E-state index contributed by atoms with van der Waals surface area (Å²) in [4.78, 5) is 0. The molecule has 0 atom stereocenters. The molecule has 0 aliphatic heterocycles. The highest BCUT2D eigenvalue weighted by atomic mass is 19.1. The molecule has 2 rings (SSSR count). The maximum absolute atomic E-state index is 13.3. The first-order valence-electron chi connectivity index (χ1n) is 6.31. The van der Waals surface area contributed by atoms with Crippen LogP contribution in [-0.4, -0.2) is 17.3 Å². The van der Waals surface area contributed by atoms with Crippen molar-refractivity contribution in [1.82, 2.24) is 5.32 Å². The number of aliphatic hydroxyl groups is 1. The van der Waals surface area contributed by atoms with E-state index in [1.807, 2.05) is 12.1 Å². The molecule has 0 unspecified atom stereocenters. The highest BCUT2D eigenvalue weighted by Crippen LogP contribution is 2.19. The molecule has 2 nitrogen and oxygen atoms in total. The van der Waals surface area contributed by atoms with Crippen LogP contribution in [0.4, 0.5) is 4.39 Å². The quantitative estimate of drug-likeness (QED) is 0.846. The second-order valence-corrected chi connectivity index (χ2v) is 4.97. The summed E-state index contributed by atoms with van der Waals surface area (Å²) in [5, 5.41) is 12.8. The van der Waals surface area contributed by atoms with Crippen molar-refractivity contribution >= 4 is 0 Å². The van der Waals surface area contributed by atoms with Crippen LogP contribution in [-0.2, 0) is 6.54 Å². The Morgan fingerprint density at radius 2 is 2.00 bits per heavy atom. The van der Waals surface area contributed by atoms with Crippen molar-refractivity contribution in [2.75, 3.05) is 0 Å². The Morgan fingerprint density at radius 1 is 1.29 bits per heavy atom. The van der Waals surface area contributed by atoms with Crippen LogP contribution < -0.4 is 5.32 Å². The van der Waals surface area contributed by atoms with Crippen LogP contribution in [0.5, 0.6) is 0 Å². The van der Waals surface area contributed by atoms with E-state index >= 15 is 0 Å². The summed E-state index contributed by atoms with van der Waals surface area (Å²) in [5.74, 6) is -0.136. The number of nitrogens with one attached hydrogen (secondary N) is 1. The van der Waals surface area contributed by atoms with Gasteiger partial charge in [0.1, 0.15) is 5.82 Å². The number of rotatable bonds is 3. The molecule has 0 aromatic heterocycles. The Hall–Kier alpha value is -0.930. The van der Waals surface area contributed by atoms with Gasteiger partial charge in [0.05, 0.1) is 6.10 Å². The molecule has 3 heteroatoms. The molecule has 0 saturated heterocycles. The molecule has 1 aromatic carbocycles. The Labute approximate surface area is 102 Å². The third-order valence-electron chi connectivity index (χ3n) is 3.53. The topological polar surface area (TPSA) is 32.3 Å². The minimum absolute atomic E-state index is 0.120. The first-order chi connectivity index (χ1) is 8.15. The third kappa shape index (κ3) is 3.51. The highest BCUT2D eigenvalue weighted by Gasteiger charge is 2.18. The van der Waals surface area contributed by atoms with Gasteiger partial charge in [-0.05, 0) is 49.8 Å². The van der Waals surface area contributed by atoms with Crippen LogP contribution in [0, 0.1) is 12.7 Å². The van der Waals surface area contributed by atoms with Gasteiger partial charge < -0.3 is 10.4 Å². The fourth-order valence-corrected chi connectivity index (χ4v) is 2.29. The highest BCUT2D eigenvalue weighted by molar-refractivity contribution is 5.23. The molecule has 94 valence electrons. The SMILES string of the molecule is Cc1ccc(CNC2CCC(O)CC2)cc1F. The number of hydrogen-bond acceptors (Lipinski definition) is 2. The molecule has 1 aliphatic carbocycles. The normalized spacial score (nSPS) is 24.9. The average Bonchev–Trinajstić information content (AvgIpc) is 2.33. The summed E-state index contributed by atoms with van der Waals surface area (Å²) >= 11 is 0. The van der Waals surface area contributed by atoms with Crippen LogP contribution in [0.3, 0.4) is 0 Å². The Kier molecular flexibility index (Phi) is 4.13. The minimum atomic E-state index is -0.136. The summed E-state index contributed by atoms with van der Waals surface area (Å²) in [6, 6.07) is 5.84. The van der Waals surface area contributed by atoms with E-state index in [0.717, 1.165) is 31.2 Å². The Bertz CT molecular complexity index is 372. The first kappa shape index (κ1) is 12.5. The predicted octanol–water partition coefficient (Wildman–Crippen LogP) is 2.53. The third-order valence-corrected chi connectivity index (χ3v) is 3.53. The van der Waals surface area contributed by atoms with E-state index in [-0.39, 0.29) is 11.9 Å². The maximum Gasteiger partial charge on any atom is 0.126 e. The summed E-state index contributed by atoms with van der Waals surface area (Å²) < 4.78 is 13.3. The zero-order chi connectivity index (χ0) is 12.3. The summed E-state index contributed by atoms with van der Waals surface area (Å²) in [5.41, 5.74) is 1.67. The predicted molar refractivity (Wildman–Crippen MR) is 66.2 cm³/mol. The van der Waals surface area contributed by atoms with E-state index in [0.29, 0.717) is 18.2 Å². The van der Waals surface area contributed by atoms with Crippen molar-refractivity contribution < 1.29 is 9.50 Å². The van der Waals surface area contributed by atoms with Crippen molar-refractivity contribution in [3.8, 4) is 0 Å². The lowest BCUT2D eigenvalue weighted by molar-refractivity contribution is 0.116. The first-order valence-corrected chi connectivity index (χ1v) is 6.31. The lowest BCUT2D eigenvalue weighted by Gasteiger charge is -2.26. The number of halogens is 1. The van der Waals surface area contributed by atoms with Gasteiger partial charge in [0, 0.05) is 12.6 Å². The van der Waals surface area contributed by atoms with Gasteiger partial charge in [-0.2, -0.15) is 0 Å². The number of aliphatic hydroxyl groups excluding tert-OH is 1. The van der Waals surface area contributed by atoms with Crippen molar-refractivity contribution in [2.45, 2.75) is 51.3 Å². The largest absolute Gasteiger partial charge is 0.393 e. The molecular weight excluding hydrogens is 217 g/mol. The smallest absolute Gasteiger partial charge is 0.126 e. The molecule has 2 N–H and O–H groups in total. The zero-order valence-electron chi connectivity index (χ0n) is 10.2. The molecule has 0 bridgehead atoms. The molecule has 0 heterocycles. The average molecular weight is 237 g/mol. The molecule has 17 heavy (non-hydrogen) atoms. The van der Waals surface area contributed by atoms with Gasteiger partial charge in [-0.3, -0.25) is 0 Å². The van der Waals surface area contributed by atoms with E-state index in [4.69, 9.17) is 0 Å². The van der Waals surface area contributed by atoms with E-state index in [1.165, 1.54) is 0 Å². The minimum Gasteiger partial charge on any atom is -0.393 e. The molecule has 1 saturated carbocycles. The fraction of sp³-hybridized carbons (Fsp3) is 0.571. The van der Waals surface area contributed by atoms with Gasteiger partial charge in [0.15, 0.2) is 0 Å². The molecule has 1 aliphatic rings. The lowest BCUT2D eigenvalue weighted by Crippen LogP contribution is -2.34. The van der Waals surface area contributed by atoms with Gasteiger partial charge in [-0.25, -0.2) is 4.39 Å². The molecule has 1 fully saturated rings. The molecular formula is C14H20FNO.